The Hall–Kier alpha value is -4.09. The van der Waals surface area contributed by atoms with Gasteiger partial charge in [0, 0.05) is 50.0 Å². The van der Waals surface area contributed by atoms with Crippen LogP contribution in [0.5, 0.6) is 0 Å². The van der Waals surface area contributed by atoms with Crippen molar-refractivity contribution in [1.29, 1.82) is 0 Å². The van der Waals surface area contributed by atoms with Gasteiger partial charge in [0.1, 0.15) is 0 Å². The van der Waals surface area contributed by atoms with Crippen LogP contribution in [0.15, 0.2) is 66.9 Å². The van der Waals surface area contributed by atoms with E-state index < -0.39 is 18.1 Å². The number of carbonyl (C=O) groups excluding carboxylic acids is 2. The molecule has 2 unspecified atom stereocenters. The molecule has 2 aliphatic rings. The van der Waals surface area contributed by atoms with E-state index in [1.54, 1.807) is 0 Å². The summed E-state index contributed by atoms with van der Waals surface area (Å²) in [7, 11) is 0. The van der Waals surface area contributed by atoms with Crippen LogP contribution in [-0.2, 0) is 27.4 Å². The average Bonchev–Trinajstić information content (AvgIpc) is 3.65. The summed E-state index contributed by atoms with van der Waals surface area (Å²) < 4.78 is 37.6. The lowest BCUT2D eigenvalue weighted by Crippen LogP contribution is -2.39. The molecule has 1 amide bonds. The van der Waals surface area contributed by atoms with Gasteiger partial charge >= 0.3 is 12.1 Å². The van der Waals surface area contributed by atoms with Crippen molar-refractivity contribution >= 4 is 17.7 Å². The van der Waals surface area contributed by atoms with Gasteiger partial charge in [-0.1, -0.05) is 61.5 Å². The van der Waals surface area contributed by atoms with Crippen LogP contribution in [0.25, 0.3) is 11.3 Å². The third-order valence-electron chi connectivity index (χ3n) is 7.53. The largest absolute Gasteiger partial charge is 0.490 e. The lowest BCUT2D eigenvalue weighted by molar-refractivity contribution is -0.192. The lowest BCUT2D eigenvalue weighted by Gasteiger charge is -2.28. The van der Waals surface area contributed by atoms with E-state index in [4.69, 9.17) is 14.6 Å². The van der Waals surface area contributed by atoms with Crippen molar-refractivity contribution in [2.45, 2.75) is 63.9 Å². The minimum atomic E-state index is -5.08. The highest BCUT2D eigenvalue weighted by Crippen LogP contribution is 2.35. The number of carbonyl (C=O) groups is 3. The number of fused-ring (bicyclic) bond motifs is 1. The van der Waals surface area contributed by atoms with Gasteiger partial charge in [0.05, 0.1) is 17.7 Å². The number of pyridine rings is 1. The molecule has 2 aromatic carbocycles. The van der Waals surface area contributed by atoms with Crippen LogP contribution < -0.4 is 5.32 Å². The normalized spacial score (nSPS) is 17.5. The quantitative estimate of drug-likeness (QED) is 0.281. The predicted octanol–water partition coefficient (Wildman–Crippen LogP) is 5.76. The summed E-state index contributed by atoms with van der Waals surface area (Å²) in [4.78, 5) is 41.8. The summed E-state index contributed by atoms with van der Waals surface area (Å²) in [6.45, 7) is 5.76. The predicted molar refractivity (Wildman–Crippen MR) is 158 cm³/mol. The maximum atomic E-state index is 13.8. The summed E-state index contributed by atoms with van der Waals surface area (Å²) in [6, 6.07) is 19.9. The van der Waals surface area contributed by atoms with E-state index in [1.807, 2.05) is 35.4 Å². The standard InChI is InChI=1S/C31H35N3O3.C2HF3O2/c1-2-15-32-18-23-11-14-29(33-19-23)24-12-9-22(10-13-24)20-34(21-25-6-5-16-37-25)31(36)28-17-30(35)27-8-4-3-7-26(27)28;3-2(4,5)1(6)7/h3-4,7-14,19,25,28,32H,2,5-6,15-18,20-21H2,1H3;(H,6,7). The molecule has 1 aliphatic carbocycles. The number of carboxylic acids is 1. The summed E-state index contributed by atoms with van der Waals surface area (Å²) in [5, 5.41) is 10.5. The Kier molecular flexibility index (Phi) is 11.2. The van der Waals surface area contributed by atoms with Gasteiger partial charge in [-0.3, -0.25) is 14.6 Å². The van der Waals surface area contributed by atoms with Gasteiger partial charge in [0.2, 0.25) is 5.91 Å². The Bertz CT molecular complexity index is 1420. The second-order valence-corrected chi connectivity index (χ2v) is 10.8. The number of aromatic nitrogens is 1. The van der Waals surface area contributed by atoms with E-state index in [9.17, 15) is 22.8 Å². The van der Waals surface area contributed by atoms with E-state index in [0.29, 0.717) is 18.7 Å². The Balaban J connectivity index is 0.000000566. The molecule has 11 heteroatoms. The zero-order valence-corrected chi connectivity index (χ0v) is 24.5. The molecule has 5 rings (SSSR count). The van der Waals surface area contributed by atoms with Crippen LogP contribution in [-0.4, -0.2) is 64.6 Å². The maximum absolute atomic E-state index is 13.8. The number of hydrogen-bond acceptors (Lipinski definition) is 6. The van der Waals surface area contributed by atoms with E-state index in [1.165, 1.54) is 5.56 Å². The van der Waals surface area contributed by atoms with E-state index in [0.717, 1.165) is 61.3 Å². The number of rotatable bonds is 10. The number of carboxylic acid groups (broad SMARTS) is 1. The summed E-state index contributed by atoms with van der Waals surface area (Å²) in [5.41, 5.74) is 5.73. The molecule has 8 nitrogen and oxygen atoms in total. The van der Waals surface area contributed by atoms with Gasteiger partial charge in [0.15, 0.2) is 5.78 Å². The second kappa shape index (κ2) is 15.1. The first-order chi connectivity index (χ1) is 21.1. The molecular weight excluding hydrogens is 575 g/mol. The number of Topliss-reactive ketones (excluding diaryl/α,β-unsaturated/α-hetero) is 1. The molecule has 0 spiro atoms. The first-order valence-electron chi connectivity index (χ1n) is 14.6. The molecule has 3 aromatic rings. The molecule has 2 N–H and O–H groups in total. The molecule has 44 heavy (non-hydrogen) atoms. The summed E-state index contributed by atoms with van der Waals surface area (Å²) >= 11 is 0. The van der Waals surface area contributed by atoms with Crippen molar-refractivity contribution in [3.8, 4) is 11.3 Å². The van der Waals surface area contributed by atoms with Crippen LogP contribution in [0, 0.1) is 0 Å². The van der Waals surface area contributed by atoms with Gasteiger partial charge in [-0.15, -0.1) is 0 Å². The number of aliphatic carboxylic acids is 1. The van der Waals surface area contributed by atoms with Crippen LogP contribution >= 0.6 is 0 Å². The van der Waals surface area contributed by atoms with E-state index in [2.05, 4.69) is 53.6 Å². The topological polar surface area (TPSA) is 109 Å². The fourth-order valence-electron chi connectivity index (χ4n) is 5.28. The van der Waals surface area contributed by atoms with Crippen LogP contribution in [0.1, 0.15) is 65.6 Å². The Morgan fingerprint density at radius 3 is 2.39 bits per heavy atom. The van der Waals surface area contributed by atoms with Gasteiger partial charge in [0.25, 0.3) is 0 Å². The zero-order chi connectivity index (χ0) is 31.7. The molecule has 1 saturated heterocycles. The van der Waals surface area contributed by atoms with Crippen molar-refractivity contribution in [2.75, 3.05) is 19.7 Å². The first-order valence-corrected chi connectivity index (χ1v) is 14.6. The van der Waals surface area contributed by atoms with Gasteiger partial charge < -0.3 is 20.1 Å². The molecule has 1 fully saturated rings. The van der Waals surface area contributed by atoms with Crippen molar-refractivity contribution in [2.24, 2.45) is 0 Å². The minimum Gasteiger partial charge on any atom is -0.475 e. The maximum Gasteiger partial charge on any atom is 0.490 e. The Morgan fingerprint density at radius 1 is 1.07 bits per heavy atom. The van der Waals surface area contributed by atoms with Gasteiger partial charge in [-0.25, -0.2) is 4.79 Å². The number of halogens is 3. The Morgan fingerprint density at radius 2 is 1.77 bits per heavy atom. The molecule has 0 bridgehead atoms. The van der Waals surface area contributed by atoms with Crippen molar-refractivity contribution < 1.29 is 37.4 Å². The number of amides is 1. The smallest absolute Gasteiger partial charge is 0.475 e. The third kappa shape index (κ3) is 8.73. The summed E-state index contributed by atoms with van der Waals surface area (Å²) in [5.74, 6) is -3.12. The summed E-state index contributed by atoms with van der Waals surface area (Å²) in [6.07, 6.45) is 0.222. The van der Waals surface area contributed by atoms with Gasteiger partial charge in [-0.2, -0.15) is 13.2 Å². The zero-order valence-electron chi connectivity index (χ0n) is 24.5. The number of nitrogens with one attached hydrogen (secondary N) is 1. The SMILES string of the molecule is CCCNCc1ccc(-c2ccc(CN(CC3CCCO3)C(=O)C3CC(=O)c4ccccc43)cc2)nc1.O=C(O)C(F)(F)F. The highest BCUT2D eigenvalue weighted by molar-refractivity contribution is 6.06. The number of ether oxygens (including phenoxy) is 1. The molecule has 2 heterocycles. The Labute approximate surface area is 254 Å². The number of ketones is 1. The van der Waals surface area contributed by atoms with Crippen LogP contribution in [0.3, 0.4) is 0 Å². The number of hydrogen-bond donors (Lipinski definition) is 2. The molecule has 0 radical (unpaired) electrons. The molecular formula is C33H36F3N3O5. The minimum absolute atomic E-state index is 0.00631. The molecule has 234 valence electrons. The van der Waals surface area contributed by atoms with E-state index >= 15 is 0 Å². The highest BCUT2D eigenvalue weighted by Gasteiger charge is 2.38. The highest BCUT2D eigenvalue weighted by atomic mass is 19.4. The number of nitrogens with zero attached hydrogens (tertiary/aromatic N) is 2. The second-order valence-electron chi connectivity index (χ2n) is 10.8. The third-order valence-corrected chi connectivity index (χ3v) is 7.53. The number of alkyl halides is 3. The fraction of sp³-hybridized carbons (Fsp3) is 0.394. The van der Waals surface area contributed by atoms with Crippen LogP contribution in [0.2, 0.25) is 0 Å². The molecule has 0 saturated carbocycles. The van der Waals surface area contributed by atoms with Crippen molar-refractivity contribution in [3.63, 3.8) is 0 Å². The number of benzene rings is 2. The monoisotopic (exact) mass is 611 g/mol. The van der Waals surface area contributed by atoms with Crippen molar-refractivity contribution in [3.05, 3.63) is 89.1 Å². The molecule has 2 atom stereocenters. The fourth-order valence-corrected chi connectivity index (χ4v) is 5.28. The lowest BCUT2D eigenvalue weighted by atomic mass is 9.99. The van der Waals surface area contributed by atoms with Gasteiger partial charge in [-0.05, 0) is 48.6 Å². The van der Waals surface area contributed by atoms with Crippen molar-refractivity contribution in [1.82, 2.24) is 15.2 Å². The molecule has 1 aromatic heterocycles. The molecule has 1 aliphatic heterocycles. The van der Waals surface area contributed by atoms with Crippen LogP contribution in [0.4, 0.5) is 13.2 Å². The van der Waals surface area contributed by atoms with E-state index in [-0.39, 0.29) is 24.2 Å². The average molecular weight is 612 g/mol. The first kappa shape index (κ1) is 32.8.